The summed E-state index contributed by atoms with van der Waals surface area (Å²) in [6.07, 6.45) is 3.16. The first-order chi connectivity index (χ1) is 12.0. The van der Waals surface area contributed by atoms with Crippen molar-refractivity contribution in [3.8, 4) is 0 Å². The Kier molecular flexibility index (Phi) is 3.97. The topological polar surface area (TPSA) is 58.6 Å². The molecule has 134 valence electrons. The monoisotopic (exact) mass is 342 g/mol. The number of carbonyl (C=O) groups excluding carboxylic acids is 2. The molecule has 25 heavy (non-hydrogen) atoms. The summed E-state index contributed by atoms with van der Waals surface area (Å²) < 4.78 is 4.99. The van der Waals surface area contributed by atoms with Crippen molar-refractivity contribution < 1.29 is 14.3 Å². The molecule has 0 unspecified atom stereocenters. The van der Waals surface area contributed by atoms with Gasteiger partial charge < -0.3 is 15.0 Å². The molecular weight excluding hydrogens is 316 g/mol. The third kappa shape index (κ3) is 3.00. The maximum Gasteiger partial charge on any atom is 0.407 e. The number of hydrogen-bond donors (Lipinski definition) is 1. The van der Waals surface area contributed by atoms with E-state index in [2.05, 4.69) is 37.4 Å². The van der Waals surface area contributed by atoms with Crippen LogP contribution in [-0.4, -0.2) is 42.1 Å². The molecule has 2 amide bonds. The first-order valence-corrected chi connectivity index (χ1v) is 9.27. The second-order valence-electron chi connectivity index (χ2n) is 8.05. The summed E-state index contributed by atoms with van der Waals surface area (Å²) in [5.74, 6) is 0.852. The van der Waals surface area contributed by atoms with Gasteiger partial charge in [-0.05, 0) is 56.6 Å². The molecule has 2 saturated heterocycles. The van der Waals surface area contributed by atoms with Crippen molar-refractivity contribution in [2.75, 3.05) is 19.7 Å². The zero-order valence-corrected chi connectivity index (χ0v) is 15.0. The van der Waals surface area contributed by atoms with Gasteiger partial charge in [0.1, 0.15) is 6.61 Å². The van der Waals surface area contributed by atoms with Gasteiger partial charge >= 0.3 is 6.09 Å². The van der Waals surface area contributed by atoms with Crippen LogP contribution in [0, 0.1) is 19.8 Å². The van der Waals surface area contributed by atoms with Gasteiger partial charge in [-0.25, -0.2) is 4.79 Å². The molecule has 3 aliphatic rings. The standard InChI is InChI=1S/C20H26N2O3/c1-13-3-4-17(14(2)9-13)15-5-7-22(8-6-15)18(23)16-10-20(11-16)12-25-19(24)21-20/h3-4,9,15-16H,5-8,10-12H2,1-2H3,(H,21,24)/t16-,20+. The average Bonchev–Trinajstić information content (AvgIpc) is 2.95. The zero-order valence-electron chi connectivity index (χ0n) is 15.0. The molecule has 1 saturated carbocycles. The lowest BCUT2D eigenvalue weighted by molar-refractivity contribution is -0.142. The number of ether oxygens (including phenoxy) is 1. The Hall–Kier alpha value is -2.04. The van der Waals surface area contributed by atoms with E-state index in [0.29, 0.717) is 25.4 Å². The van der Waals surface area contributed by atoms with E-state index in [-0.39, 0.29) is 23.5 Å². The first kappa shape index (κ1) is 16.4. The number of aryl methyl sites for hydroxylation is 2. The van der Waals surface area contributed by atoms with Crippen LogP contribution in [-0.2, 0) is 9.53 Å². The molecule has 3 fully saturated rings. The van der Waals surface area contributed by atoms with Crippen molar-refractivity contribution in [3.05, 3.63) is 34.9 Å². The largest absolute Gasteiger partial charge is 0.447 e. The summed E-state index contributed by atoms with van der Waals surface area (Å²) in [5, 5.41) is 2.86. The van der Waals surface area contributed by atoms with Gasteiger partial charge in [0.15, 0.2) is 0 Å². The van der Waals surface area contributed by atoms with Crippen molar-refractivity contribution in [1.29, 1.82) is 0 Å². The Morgan fingerprint density at radius 2 is 1.96 bits per heavy atom. The zero-order chi connectivity index (χ0) is 17.6. The number of piperidine rings is 1. The van der Waals surface area contributed by atoms with E-state index < -0.39 is 0 Å². The molecule has 0 atom stereocenters. The number of nitrogens with one attached hydrogen (secondary N) is 1. The molecule has 2 heterocycles. The molecule has 2 aliphatic heterocycles. The van der Waals surface area contributed by atoms with Gasteiger partial charge in [0.2, 0.25) is 5.91 Å². The molecule has 5 heteroatoms. The average molecular weight is 342 g/mol. The number of hydrogen-bond acceptors (Lipinski definition) is 3. The normalized spacial score (nSPS) is 29.3. The summed E-state index contributed by atoms with van der Waals surface area (Å²) in [4.78, 5) is 26.0. The molecule has 1 spiro atoms. The second-order valence-corrected chi connectivity index (χ2v) is 8.05. The lowest BCUT2D eigenvalue weighted by Crippen LogP contribution is -2.58. The number of alkyl carbamates (subject to hydrolysis) is 1. The third-order valence-electron chi connectivity index (χ3n) is 6.14. The molecule has 4 rings (SSSR count). The van der Waals surface area contributed by atoms with E-state index in [1.54, 1.807) is 0 Å². The van der Waals surface area contributed by atoms with Gasteiger partial charge in [0.25, 0.3) is 0 Å². The van der Waals surface area contributed by atoms with Crippen molar-refractivity contribution in [2.24, 2.45) is 5.92 Å². The maximum atomic E-state index is 12.7. The van der Waals surface area contributed by atoms with Crippen LogP contribution < -0.4 is 5.32 Å². The fourth-order valence-electron chi connectivity index (χ4n) is 4.72. The van der Waals surface area contributed by atoms with Crippen molar-refractivity contribution in [1.82, 2.24) is 10.2 Å². The summed E-state index contributed by atoms with van der Waals surface area (Å²) in [7, 11) is 0. The van der Waals surface area contributed by atoms with Crippen LogP contribution in [0.25, 0.3) is 0 Å². The number of carbonyl (C=O) groups is 2. The van der Waals surface area contributed by atoms with Crippen LogP contribution in [0.5, 0.6) is 0 Å². The minimum absolute atomic E-state index is 0.0414. The second kappa shape index (κ2) is 6.04. The fraction of sp³-hybridized carbons (Fsp3) is 0.600. The summed E-state index contributed by atoms with van der Waals surface area (Å²) >= 11 is 0. The van der Waals surface area contributed by atoms with Gasteiger partial charge in [-0.15, -0.1) is 0 Å². The van der Waals surface area contributed by atoms with Crippen LogP contribution in [0.4, 0.5) is 4.79 Å². The summed E-state index contributed by atoms with van der Waals surface area (Å²) in [6.45, 7) is 6.39. The third-order valence-corrected chi connectivity index (χ3v) is 6.14. The van der Waals surface area contributed by atoms with E-state index in [9.17, 15) is 9.59 Å². The lowest BCUT2D eigenvalue weighted by atomic mass is 9.68. The fourth-order valence-corrected chi connectivity index (χ4v) is 4.72. The minimum atomic E-state index is -0.347. The molecule has 1 aromatic rings. The number of likely N-dealkylation sites (tertiary alicyclic amines) is 1. The molecule has 0 bridgehead atoms. The van der Waals surface area contributed by atoms with Crippen LogP contribution in [0.2, 0.25) is 0 Å². The molecule has 1 aromatic carbocycles. The highest BCUT2D eigenvalue weighted by Crippen LogP contribution is 2.42. The highest BCUT2D eigenvalue weighted by Gasteiger charge is 2.53. The Bertz CT molecular complexity index is 701. The van der Waals surface area contributed by atoms with Crippen LogP contribution in [0.3, 0.4) is 0 Å². The molecule has 0 radical (unpaired) electrons. The van der Waals surface area contributed by atoms with E-state index >= 15 is 0 Å². The van der Waals surface area contributed by atoms with Gasteiger partial charge in [0.05, 0.1) is 5.54 Å². The molecule has 1 N–H and O–H groups in total. The van der Waals surface area contributed by atoms with Gasteiger partial charge in [0, 0.05) is 19.0 Å². The minimum Gasteiger partial charge on any atom is -0.447 e. The van der Waals surface area contributed by atoms with Crippen molar-refractivity contribution >= 4 is 12.0 Å². The number of cyclic esters (lactones) is 1. The number of amides is 2. The van der Waals surface area contributed by atoms with E-state index in [4.69, 9.17) is 4.74 Å². The summed E-state index contributed by atoms with van der Waals surface area (Å²) in [5.41, 5.74) is 3.83. The molecule has 0 aromatic heterocycles. The van der Waals surface area contributed by atoms with Crippen molar-refractivity contribution in [3.63, 3.8) is 0 Å². The van der Waals surface area contributed by atoms with Crippen molar-refractivity contribution in [2.45, 2.75) is 51.0 Å². The lowest BCUT2D eigenvalue weighted by Gasteiger charge is -2.45. The van der Waals surface area contributed by atoms with Gasteiger partial charge in [-0.3, -0.25) is 4.79 Å². The Balaban J connectivity index is 1.32. The smallest absolute Gasteiger partial charge is 0.407 e. The highest BCUT2D eigenvalue weighted by atomic mass is 16.6. The number of nitrogens with zero attached hydrogens (tertiary/aromatic N) is 1. The molecule has 1 aliphatic carbocycles. The SMILES string of the molecule is Cc1ccc(C2CCN(C(=O)[C@H]3C[C@]4(COC(=O)N4)C3)CC2)c(C)c1. The number of benzene rings is 1. The molecule has 5 nitrogen and oxygen atoms in total. The Morgan fingerprint density at radius 3 is 2.56 bits per heavy atom. The molecular formula is C20H26N2O3. The Morgan fingerprint density at radius 1 is 1.24 bits per heavy atom. The highest BCUT2D eigenvalue weighted by molar-refractivity contribution is 5.81. The quantitative estimate of drug-likeness (QED) is 0.899. The predicted molar refractivity (Wildman–Crippen MR) is 94.4 cm³/mol. The van der Waals surface area contributed by atoms with Gasteiger partial charge in [-0.1, -0.05) is 23.8 Å². The van der Waals surface area contributed by atoms with Crippen LogP contribution in [0.15, 0.2) is 18.2 Å². The Labute approximate surface area is 148 Å². The van der Waals surface area contributed by atoms with E-state index in [1.165, 1.54) is 16.7 Å². The van der Waals surface area contributed by atoms with E-state index in [1.807, 2.05) is 4.90 Å². The maximum absolute atomic E-state index is 12.7. The van der Waals surface area contributed by atoms with Gasteiger partial charge in [-0.2, -0.15) is 0 Å². The van der Waals surface area contributed by atoms with Crippen LogP contribution >= 0.6 is 0 Å². The van der Waals surface area contributed by atoms with Crippen LogP contribution in [0.1, 0.15) is 48.3 Å². The van der Waals surface area contributed by atoms with E-state index in [0.717, 1.165) is 25.9 Å². The summed E-state index contributed by atoms with van der Waals surface area (Å²) in [6, 6.07) is 6.69. The predicted octanol–water partition coefficient (Wildman–Crippen LogP) is 2.90. The number of rotatable bonds is 2. The first-order valence-electron chi connectivity index (χ1n) is 9.27.